The second-order valence-corrected chi connectivity index (χ2v) is 10.3. The minimum Gasteiger partial charge on any atom is -0.339 e. The summed E-state index contributed by atoms with van der Waals surface area (Å²) in [7, 11) is -2.37. The Balaban J connectivity index is 1.68. The minimum atomic E-state index is -2.37. The lowest BCUT2D eigenvalue weighted by molar-refractivity contribution is -0.125. The number of amides is 1. The van der Waals surface area contributed by atoms with Gasteiger partial charge in [0.1, 0.15) is 15.9 Å². The first-order valence-corrected chi connectivity index (χ1v) is 12.2. The Morgan fingerprint density at radius 2 is 1.23 bits per heavy atom. The van der Waals surface area contributed by atoms with Gasteiger partial charge in [0, 0.05) is 30.3 Å². The molecule has 1 aliphatic rings. The molecule has 0 saturated carbocycles. The first kappa shape index (κ1) is 21.0. The molecule has 0 atom stereocenters. The van der Waals surface area contributed by atoms with E-state index in [0.29, 0.717) is 0 Å². The Morgan fingerprint density at radius 1 is 0.774 bits per heavy atom. The second kappa shape index (κ2) is 10.1. The van der Waals surface area contributed by atoms with Gasteiger partial charge in [0.25, 0.3) is 7.41 Å². The molecule has 0 bridgehead atoms. The first-order valence-electron chi connectivity index (χ1n) is 10.5. The van der Waals surface area contributed by atoms with Crippen molar-refractivity contribution < 1.29 is 4.79 Å². The van der Waals surface area contributed by atoms with Crippen LogP contribution < -0.4 is 21.3 Å². The molecule has 6 heteroatoms. The van der Waals surface area contributed by atoms with Gasteiger partial charge in [-0.1, -0.05) is 54.6 Å². The molecule has 3 aromatic rings. The first-order chi connectivity index (χ1) is 15.3. The molecule has 0 unspecified atom stereocenters. The van der Waals surface area contributed by atoms with Gasteiger partial charge in [-0.2, -0.15) is 0 Å². The number of likely N-dealkylation sites (tertiary alicyclic amines) is 1. The molecule has 1 heterocycles. The van der Waals surface area contributed by atoms with E-state index in [1.807, 2.05) is 59.5 Å². The van der Waals surface area contributed by atoms with E-state index in [9.17, 15) is 4.79 Å². The molecule has 1 amide bonds. The second-order valence-electron chi connectivity index (χ2n) is 7.33. The van der Waals surface area contributed by atoms with E-state index in [4.69, 9.17) is 4.88 Å². The molecule has 1 fully saturated rings. The summed E-state index contributed by atoms with van der Waals surface area (Å²) in [4.78, 5) is 19.0. The molecule has 1 N–H and O–H groups in total. The van der Waals surface area contributed by atoms with Crippen LogP contribution in [0.4, 0.5) is 0 Å². The highest BCUT2D eigenvalue weighted by Crippen LogP contribution is 2.56. The minimum absolute atomic E-state index is 0.00966. The van der Waals surface area contributed by atoms with Crippen LogP contribution in [0.2, 0.25) is 0 Å². The lowest BCUT2D eigenvalue weighted by atomic mass is 10.4. The molecule has 0 spiro atoms. The third kappa shape index (κ3) is 4.73. The van der Waals surface area contributed by atoms with Crippen molar-refractivity contribution in [3.8, 4) is 0 Å². The van der Waals surface area contributed by atoms with Crippen molar-refractivity contribution in [3.05, 3.63) is 103 Å². The molecular formula is C25H26N4OP+. The zero-order valence-electron chi connectivity index (χ0n) is 17.3. The van der Waals surface area contributed by atoms with Gasteiger partial charge in [0.05, 0.1) is 0 Å². The summed E-state index contributed by atoms with van der Waals surface area (Å²) in [6, 6.07) is 30.9. The van der Waals surface area contributed by atoms with E-state index in [1.54, 1.807) is 6.20 Å². The Bertz CT molecular complexity index is 936. The fraction of sp³-hybridized carbons (Fsp3) is 0.160. The zero-order chi connectivity index (χ0) is 21.4. The summed E-state index contributed by atoms with van der Waals surface area (Å²) in [6.45, 7) is 1.66. The predicted molar refractivity (Wildman–Crippen MR) is 128 cm³/mol. The van der Waals surface area contributed by atoms with Crippen LogP contribution in [0.1, 0.15) is 12.8 Å². The number of hydrogen-bond donors (Lipinski definition) is 1. The largest absolute Gasteiger partial charge is 0.339 e. The average molecular weight is 429 g/mol. The van der Waals surface area contributed by atoms with Crippen molar-refractivity contribution in [3.63, 3.8) is 0 Å². The van der Waals surface area contributed by atoms with Gasteiger partial charge in [0.2, 0.25) is 5.91 Å². The molecule has 0 aliphatic carbocycles. The van der Waals surface area contributed by atoms with Crippen LogP contribution in [-0.4, -0.2) is 23.9 Å². The number of carbonyl (C=O) groups is 1. The summed E-state index contributed by atoms with van der Waals surface area (Å²) in [5.41, 5.74) is 2.86. The zero-order valence-corrected chi connectivity index (χ0v) is 18.2. The van der Waals surface area contributed by atoms with Gasteiger partial charge in [0.15, 0.2) is 0 Å². The number of nitrogens with one attached hydrogen (secondary N) is 1. The van der Waals surface area contributed by atoms with Crippen LogP contribution in [0.5, 0.6) is 0 Å². The van der Waals surface area contributed by atoms with Gasteiger partial charge in [-0.25, -0.2) is 0 Å². The highest BCUT2D eigenvalue weighted by atomic mass is 31.2. The van der Waals surface area contributed by atoms with Gasteiger partial charge in [-0.05, 0) is 54.5 Å². The number of rotatable bonds is 7. The molecular weight excluding hydrogens is 403 g/mol. The highest BCUT2D eigenvalue weighted by molar-refractivity contribution is 7.94. The topological polar surface area (TPSA) is 57.1 Å². The Hall–Kier alpha value is -3.30. The Kier molecular flexibility index (Phi) is 6.85. The summed E-state index contributed by atoms with van der Waals surface area (Å²) in [5.74, 6) is 0.00966. The van der Waals surface area contributed by atoms with E-state index in [1.165, 1.54) is 6.08 Å². The van der Waals surface area contributed by atoms with Crippen LogP contribution in [-0.2, 0) is 4.79 Å². The van der Waals surface area contributed by atoms with Gasteiger partial charge >= 0.3 is 0 Å². The van der Waals surface area contributed by atoms with Crippen molar-refractivity contribution in [2.24, 2.45) is 10.1 Å². The number of nitrogens with zero attached hydrogens (tertiary/aromatic N) is 3. The summed E-state index contributed by atoms with van der Waals surface area (Å²) in [5, 5.41) is 7.70. The highest BCUT2D eigenvalue weighted by Gasteiger charge is 2.47. The third-order valence-corrected chi connectivity index (χ3v) is 8.84. The lowest BCUT2D eigenvalue weighted by Gasteiger charge is -2.20. The smallest absolute Gasteiger partial charge is 0.255 e. The van der Waals surface area contributed by atoms with E-state index >= 15 is 0 Å². The van der Waals surface area contributed by atoms with E-state index in [-0.39, 0.29) is 5.91 Å². The summed E-state index contributed by atoms with van der Waals surface area (Å²) < 4.78 is 0. The van der Waals surface area contributed by atoms with E-state index < -0.39 is 7.41 Å². The molecule has 1 saturated heterocycles. The molecule has 0 aromatic heterocycles. The maximum atomic E-state index is 12.2. The SMILES string of the molecule is O=C(C=CN/N=N/[P+](c1ccccc1)(c1ccccc1)c1ccccc1)N1CCCC1. The number of hydrogen-bond acceptors (Lipinski definition) is 3. The van der Waals surface area contributed by atoms with Gasteiger partial charge in [-0.3, -0.25) is 10.2 Å². The van der Waals surface area contributed by atoms with Crippen LogP contribution >= 0.6 is 7.41 Å². The van der Waals surface area contributed by atoms with Crippen molar-refractivity contribution in [2.75, 3.05) is 13.1 Å². The Morgan fingerprint density at radius 3 is 1.68 bits per heavy atom. The Labute approximate surface area is 183 Å². The molecule has 0 radical (unpaired) electrons. The van der Waals surface area contributed by atoms with Crippen LogP contribution in [0.25, 0.3) is 0 Å². The van der Waals surface area contributed by atoms with Crippen molar-refractivity contribution in [1.29, 1.82) is 0 Å². The maximum absolute atomic E-state index is 12.2. The predicted octanol–water partition coefficient (Wildman–Crippen LogP) is 3.99. The molecule has 5 nitrogen and oxygen atoms in total. The lowest BCUT2D eigenvalue weighted by Crippen LogP contribution is -2.29. The quantitative estimate of drug-likeness (QED) is 0.267. The normalized spacial score (nSPS) is 14.4. The fourth-order valence-corrected chi connectivity index (χ4v) is 7.01. The molecule has 4 rings (SSSR count). The molecule has 31 heavy (non-hydrogen) atoms. The average Bonchev–Trinajstić information content (AvgIpc) is 3.38. The maximum Gasteiger partial charge on any atom is 0.255 e. The summed E-state index contributed by atoms with van der Waals surface area (Å²) >= 11 is 0. The standard InChI is InChI=1S/C25H25N4OP/c30-25(29-20-10-11-21-29)18-19-26-27-28-31(22-12-4-1-5-13-22,23-14-6-2-7-15-23)24-16-8-3-9-17-24/h1-9,12-19H,10-11,20-21H2/p+1. The molecule has 156 valence electrons. The van der Waals surface area contributed by atoms with Crippen molar-refractivity contribution in [1.82, 2.24) is 10.3 Å². The van der Waals surface area contributed by atoms with Gasteiger partial charge < -0.3 is 4.90 Å². The van der Waals surface area contributed by atoms with Gasteiger partial charge in [-0.15, -0.1) is 0 Å². The fourth-order valence-electron chi connectivity index (χ4n) is 3.81. The monoisotopic (exact) mass is 429 g/mol. The number of carbonyl (C=O) groups excluding carboxylic acids is 1. The van der Waals surface area contributed by atoms with Crippen molar-refractivity contribution >= 4 is 29.2 Å². The van der Waals surface area contributed by atoms with Crippen molar-refractivity contribution in [2.45, 2.75) is 12.8 Å². The van der Waals surface area contributed by atoms with Crippen LogP contribution in [0, 0.1) is 0 Å². The number of benzene rings is 3. The van der Waals surface area contributed by atoms with Crippen LogP contribution in [0.15, 0.2) is 113 Å². The molecule has 3 aromatic carbocycles. The van der Waals surface area contributed by atoms with E-state index in [2.05, 4.69) is 47.0 Å². The third-order valence-electron chi connectivity index (χ3n) is 5.34. The molecule has 1 aliphatic heterocycles. The van der Waals surface area contributed by atoms with E-state index in [0.717, 1.165) is 41.8 Å². The van der Waals surface area contributed by atoms with Crippen LogP contribution in [0.3, 0.4) is 0 Å². The summed E-state index contributed by atoms with van der Waals surface area (Å²) in [6.07, 6.45) is 5.24.